The highest BCUT2D eigenvalue weighted by Gasteiger charge is 2.14. The van der Waals surface area contributed by atoms with Gasteiger partial charge in [0, 0.05) is 0 Å². The highest BCUT2D eigenvalue weighted by atomic mass is 16.3. The van der Waals surface area contributed by atoms with Gasteiger partial charge < -0.3 is 10.2 Å². The van der Waals surface area contributed by atoms with Gasteiger partial charge in [0.15, 0.2) is 0 Å². The summed E-state index contributed by atoms with van der Waals surface area (Å²) >= 11 is 0. The van der Waals surface area contributed by atoms with E-state index in [-0.39, 0.29) is 0 Å². The maximum Gasteiger partial charge on any atom is 0.123 e. The molecule has 0 radical (unpaired) electrons. The molecule has 1 aromatic heterocycles. The van der Waals surface area contributed by atoms with Gasteiger partial charge in [-0.05, 0) is 26.0 Å². The van der Waals surface area contributed by atoms with Gasteiger partial charge in [0.25, 0.3) is 0 Å². The number of aliphatic hydroxyl groups is 2. The third-order valence-electron chi connectivity index (χ3n) is 1.58. The van der Waals surface area contributed by atoms with Gasteiger partial charge in [0.05, 0.1) is 17.5 Å². The molecular formula is C8H12N2O2. The second-order valence-corrected chi connectivity index (χ2v) is 2.79. The average Bonchev–Trinajstić information content (AvgIpc) is 2.04. The molecule has 0 saturated heterocycles. The molecule has 0 spiro atoms. The Bertz CT molecular complexity index is 246. The first-order valence-corrected chi connectivity index (χ1v) is 3.77. The topological polar surface area (TPSA) is 66.2 Å². The normalized spacial score (nSPS) is 15.7. The van der Waals surface area contributed by atoms with Crippen LogP contribution in [0.2, 0.25) is 0 Å². The van der Waals surface area contributed by atoms with Crippen molar-refractivity contribution >= 4 is 0 Å². The van der Waals surface area contributed by atoms with Crippen LogP contribution in [0.1, 0.15) is 24.4 Å². The fourth-order valence-corrected chi connectivity index (χ4v) is 0.814. The fraction of sp³-hybridized carbons (Fsp3) is 0.500. The Morgan fingerprint density at radius 2 is 1.92 bits per heavy atom. The van der Waals surface area contributed by atoms with E-state index in [0.717, 1.165) is 5.69 Å². The lowest BCUT2D eigenvalue weighted by Gasteiger charge is -2.11. The Hall–Kier alpha value is -1.00. The summed E-state index contributed by atoms with van der Waals surface area (Å²) in [6.45, 7) is 3.32. The molecule has 4 nitrogen and oxygen atoms in total. The molecule has 0 aliphatic carbocycles. The van der Waals surface area contributed by atoms with Crippen LogP contribution in [0.3, 0.4) is 0 Å². The van der Waals surface area contributed by atoms with Gasteiger partial charge in [-0.2, -0.15) is 10.2 Å². The molecule has 0 aromatic carbocycles. The van der Waals surface area contributed by atoms with E-state index >= 15 is 0 Å². The predicted molar refractivity (Wildman–Crippen MR) is 43.4 cm³/mol. The van der Waals surface area contributed by atoms with Gasteiger partial charge in [-0.1, -0.05) is 0 Å². The van der Waals surface area contributed by atoms with E-state index in [2.05, 4.69) is 10.2 Å². The van der Waals surface area contributed by atoms with E-state index in [4.69, 9.17) is 5.11 Å². The number of hydrogen-bond acceptors (Lipinski definition) is 4. The molecule has 0 aliphatic heterocycles. The number of rotatable bonds is 2. The highest BCUT2D eigenvalue weighted by molar-refractivity contribution is 5.08. The van der Waals surface area contributed by atoms with Gasteiger partial charge in [-0.3, -0.25) is 0 Å². The number of aliphatic hydroxyl groups excluding tert-OH is 2. The van der Waals surface area contributed by atoms with Gasteiger partial charge >= 0.3 is 0 Å². The Balaban J connectivity index is 2.82. The minimum absolute atomic E-state index is 0.399. The molecule has 0 amide bonds. The molecule has 1 heterocycles. The lowest BCUT2D eigenvalue weighted by Crippen LogP contribution is -2.15. The quantitative estimate of drug-likeness (QED) is 0.662. The van der Waals surface area contributed by atoms with Crippen LogP contribution in [0.5, 0.6) is 0 Å². The first kappa shape index (κ1) is 9.09. The number of aryl methyl sites for hydroxylation is 1. The van der Waals surface area contributed by atoms with Crippen LogP contribution in [0, 0.1) is 6.92 Å². The molecule has 2 N–H and O–H groups in total. The van der Waals surface area contributed by atoms with Crippen molar-refractivity contribution < 1.29 is 10.2 Å². The van der Waals surface area contributed by atoms with Crippen LogP contribution in [-0.2, 0) is 0 Å². The molecule has 0 unspecified atom stereocenters. The minimum atomic E-state index is -0.946. The molecule has 0 aliphatic rings. The largest absolute Gasteiger partial charge is 0.390 e. The van der Waals surface area contributed by atoms with Crippen molar-refractivity contribution in [2.24, 2.45) is 0 Å². The summed E-state index contributed by atoms with van der Waals surface area (Å²) in [5.41, 5.74) is 1.19. The molecular weight excluding hydrogens is 156 g/mol. The van der Waals surface area contributed by atoms with Crippen LogP contribution in [0.25, 0.3) is 0 Å². The second kappa shape index (κ2) is 3.60. The second-order valence-electron chi connectivity index (χ2n) is 2.79. The first-order valence-electron chi connectivity index (χ1n) is 3.77. The van der Waals surface area contributed by atoms with Crippen LogP contribution >= 0.6 is 0 Å². The van der Waals surface area contributed by atoms with E-state index in [1.807, 2.05) is 6.92 Å². The van der Waals surface area contributed by atoms with Crippen LogP contribution in [0.4, 0.5) is 0 Å². The van der Waals surface area contributed by atoms with E-state index in [1.165, 1.54) is 6.92 Å². The van der Waals surface area contributed by atoms with Crippen molar-refractivity contribution in [3.8, 4) is 0 Å². The van der Waals surface area contributed by atoms with E-state index in [9.17, 15) is 5.11 Å². The maximum absolute atomic E-state index is 9.34. The molecule has 1 aromatic rings. The monoisotopic (exact) mass is 168 g/mol. The standard InChI is InChI=1S/C8H12N2O2/c1-5-3-4-7(10-9-5)8(12)6(2)11/h3-4,6,8,11-12H,1-2H3/t6-,8+/m1/s1. The first-order chi connectivity index (χ1) is 5.61. The summed E-state index contributed by atoms with van der Waals surface area (Å²) in [5, 5.41) is 25.9. The van der Waals surface area contributed by atoms with Gasteiger partial charge in [-0.25, -0.2) is 0 Å². The molecule has 0 fully saturated rings. The van der Waals surface area contributed by atoms with Crippen molar-refractivity contribution in [1.29, 1.82) is 0 Å². The number of nitrogens with zero attached hydrogens (tertiary/aromatic N) is 2. The summed E-state index contributed by atoms with van der Waals surface area (Å²) in [5.74, 6) is 0. The third kappa shape index (κ3) is 1.99. The van der Waals surface area contributed by atoms with Crippen LogP contribution in [0.15, 0.2) is 12.1 Å². The van der Waals surface area contributed by atoms with Gasteiger partial charge in [-0.15, -0.1) is 0 Å². The van der Waals surface area contributed by atoms with Crippen molar-refractivity contribution in [1.82, 2.24) is 10.2 Å². The fourth-order valence-electron chi connectivity index (χ4n) is 0.814. The SMILES string of the molecule is Cc1ccc([C@@H](O)[C@@H](C)O)nn1. The zero-order valence-corrected chi connectivity index (χ0v) is 7.10. The van der Waals surface area contributed by atoms with Crippen molar-refractivity contribution in [3.05, 3.63) is 23.5 Å². The zero-order chi connectivity index (χ0) is 9.14. The molecule has 0 saturated carbocycles. The zero-order valence-electron chi connectivity index (χ0n) is 7.10. The lowest BCUT2D eigenvalue weighted by molar-refractivity contribution is 0.0272. The Kier molecular flexibility index (Phi) is 2.73. The van der Waals surface area contributed by atoms with E-state index in [1.54, 1.807) is 12.1 Å². The average molecular weight is 168 g/mol. The smallest absolute Gasteiger partial charge is 0.123 e. The number of aromatic nitrogens is 2. The van der Waals surface area contributed by atoms with Crippen molar-refractivity contribution in [3.63, 3.8) is 0 Å². The van der Waals surface area contributed by atoms with Crippen molar-refractivity contribution in [2.75, 3.05) is 0 Å². The predicted octanol–water partition coefficient (Wildman–Crippen LogP) is 0.199. The maximum atomic E-state index is 9.34. The molecule has 4 heteroatoms. The summed E-state index contributed by atoms with van der Waals surface area (Å²) in [6.07, 6.45) is -1.76. The van der Waals surface area contributed by atoms with E-state index in [0.29, 0.717) is 5.69 Å². The van der Waals surface area contributed by atoms with Crippen LogP contribution in [-0.4, -0.2) is 26.5 Å². The van der Waals surface area contributed by atoms with E-state index < -0.39 is 12.2 Å². The Morgan fingerprint density at radius 3 is 2.33 bits per heavy atom. The molecule has 12 heavy (non-hydrogen) atoms. The minimum Gasteiger partial charge on any atom is -0.390 e. The molecule has 2 atom stereocenters. The molecule has 0 bridgehead atoms. The summed E-state index contributed by atoms with van der Waals surface area (Å²) in [4.78, 5) is 0. The summed E-state index contributed by atoms with van der Waals surface area (Å²) < 4.78 is 0. The summed E-state index contributed by atoms with van der Waals surface area (Å²) in [7, 11) is 0. The molecule has 1 rings (SSSR count). The van der Waals surface area contributed by atoms with Crippen molar-refractivity contribution in [2.45, 2.75) is 26.1 Å². The molecule has 66 valence electrons. The number of hydrogen-bond donors (Lipinski definition) is 2. The van der Waals surface area contributed by atoms with Gasteiger partial charge in [0.2, 0.25) is 0 Å². The highest BCUT2D eigenvalue weighted by Crippen LogP contribution is 2.12. The Morgan fingerprint density at radius 1 is 1.25 bits per heavy atom. The van der Waals surface area contributed by atoms with Gasteiger partial charge in [0.1, 0.15) is 6.10 Å². The van der Waals surface area contributed by atoms with Crippen LogP contribution < -0.4 is 0 Å². The summed E-state index contributed by atoms with van der Waals surface area (Å²) in [6, 6.07) is 3.40. The third-order valence-corrected chi connectivity index (χ3v) is 1.58. The lowest BCUT2D eigenvalue weighted by atomic mass is 10.1. The Labute approximate surface area is 70.9 Å².